The van der Waals surface area contributed by atoms with E-state index >= 15 is 0 Å². The van der Waals surface area contributed by atoms with Gasteiger partial charge >= 0.3 is 0 Å². The molecule has 0 aliphatic carbocycles. The molecule has 3 rings (SSSR count). The minimum atomic E-state index is -3.34. The third-order valence-corrected chi connectivity index (χ3v) is 6.94. The van der Waals surface area contributed by atoms with Gasteiger partial charge in [-0.15, -0.1) is 24.0 Å². The van der Waals surface area contributed by atoms with Gasteiger partial charge in [-0.1, -0.05) is 24.3 Å². The molecule has 0 spiro atoms. The van der Waals surface area contributed by atoms with E-state index in [-0.39, 0.29) is 48.5 Å². The number of morpholine rings is 1. The Morgan fingerprint density at radius 1 is 1.21 bits per heavy atom. The number of sulfonamides is 1. The summed E-state index contributed by atoms with van der Waals surface area (Å²) in [6.45, 7) is 9.37. The summed E-state index contributed by atoms with van der Waals surface area (Å²) in [5, 5.41) is 3.31. The summed E-state index contributed by atoms with van der Waals surface area (Å²) in [6.07, 6.45) is 0.822. The highest BCUT2D eigenvalue weighted by Gasteiger charge is 2.30. The first kappa shape index (κ1) is 24.4. The van der Waals surface area contributed by atoms with E-state index in [4.69, 9.17) is 4.74 Å². The van der Waals surface area contributed by atoms with Gasteiger partial charge in [0.2, 0.25) is 10.0 Å². The molecule has 1 fully saturated rings. The van der Waals surface area contributed by atoms with Crippen molar-refractivity contribution in [2.24, 2.45) is 4.99 Å². The van der Waals surface area contributed by atoms with Gasteiger partial charge in [-0.2, -0.15) is 4.31 Å². The number of fused-ring (bicyclic) bond motifs is 1. The minimum Gasteiger partial charge on any atom is -0.373 e. The van der Waals surface area contributed by atoms with E-state index in [0.29, 0.717) is 13.1 Å². The molecule has 9 heteroatoms. The standard InChI is InChI=1S/C20H32N4O3S.HI/c1-4-21-20(23-11-9-18-7-5-6-8-19(18)15-23)22-10-12-28(25,26)24-13-16(2)27-17(3)14-24;/h5-8,16-17H,4,9-15H2,1-3H3,(H,21,22);1H. The van der Waals surface area contributed by atoms with E-state index in [0.717, 1.165) is 32.0 Å². The molecular formula is C20H33IN4O3S. The fourth-order valence-electron chi connectivity index (χ4n) is 3.86. The fourth-order valence-corrected chi connectivity index (χ4v) is 5.31. The molecule has 1 aromatic carbocycles. The summed E-state index contributed by atoms with van der Waals surface area (Å²) >= 11 is 0. The highest BCUT2D eigenvalue weighted by Crippen LogP contribution is 2.19. The molecule has 1 saturated heterocycles. The number of benzene rings is 1. The Kier molecular flexibility index (Phi) is 9.17. The normalized spacial score (nSPS) is 23.3. The molecule has 164 valence electrons. The van der Waals surface area contributed by atoms with Crippen molar-refractivity contribution in [3.63, 3.8) is 0 Å². The zero-order valence-corrected chi connectivity index (χ0v) is 20.7. The van der Waals surface area contributed by atoms with Gasteiger partial charge in [0, 0.05) is 32.7 Å². The molecule has 0 radical (unpaired) electrons. The smallest absolute Gasteiger partial charge is 0.216 e. The molecular weight excluding hydrogens is 503 g/mol. The predicted octanol–water partition coefficient (Wildman–Crippen LogP) is 2.07. The van der Waals surface area contributed by atoms with Crippen LogP contribution in [0.4, 0.5) is 0 Å². The highest BCUT2D eigenvalue weighted by molar-refractivity contribution is 14.0. The van der Waals surface area contributed by atoms with Crippen LogP contribution in [0.5, 0.6) is 0 Å². The lowest BCUT2D eigenvalue weighted by atomic mass is 10.0. The Morgan fingerprint density at radius 2 is 1.86 bits per heavy atom. The summed E-state index contributed by atoms with van der Waals surface area (Å²) in [7, 11) is -3.34. The lowest BCUT2D eigenvalue weighted by molar-refractivity contribution is -0.0440. The van der Waals surface area contributed by atoms with Gasteiger partial charge in [0.05, 0.1) is 24.5 Å². The van der Waals surface area contributed by atoms with E-state index in [1.807, 2.05) is 20.8 Å². The van der Waals surface area contributed by atoms with E-state index < -0.39 is 10.0 Å². The Labute approximate surface area is 192 Å². The Hall–Kier alpha value is -0.910. The van der Waals surface area contributed by atoms with Crippen LogP contribution in [0, 0.1) is 0 Å². The van der Waals surface area contributed by atoms with Crippen LogP contribution < -0.4 is 5.32 Å². The monoisotopic (exact) mass is 536 g/mol. The topological polar surface area (TPSA) is 74.2 Å². The Bertz CT molecular complexity index is 793. The van der Waals surface area contributed by atoms with Crippen LogP contribution in [0.25, 0.3) is 0 Å². The summed E-state index contributed by atoms with van der Waals surface area (Å²) < 4.78 is 32.6. The van der Waals surface area contributed by atoms with E-state index in [1.54, 1.807) is 4.31 Å². The number of ether oxygens (including phenoxy) is 1. The second-order valence-electron chi connectivity index (χ2n) is 7.57. The van der Waals surface area contributed by atoms with Gasteiger partial charge in [-0.05, 0) is 38.3 Å². The molecule has 0 bridgehead atoms. The van der Waals surface area contributed by atoms with Crippen molar-refractivity contribution < 1.29 is 13.2 Å². The predicted molar refractivity (Wildman–Crippen MR) is 127 cm³/mol. The van der Waals surface area contributed by atoms with Crippen molar-refractivity contribution in [1.82, 2.24) is 14.5 Å². The Morgan fingerprint density at radius 3 is 2.52 bits per heavy atom. The van der Waals surface area contributed by atoms with Crippen molar-refractivity contribution >= 4 is 40.0 Å². The van der Waals surface area contributed by atoms with E-state index in [9.17, 15) is 8.42 Å². The number of hydrogen-bond donors (Lipinski definition) is 1. The quantitative estimate of drug-likeness (QED) is 0.355. The van der Waals surface area contributed by atoms with Crippen molar-refractivity contribution in [2.75, 3.05) is 38.5 Å². The SMILES string of the molecule is CCNC(=NCCS(=O)(=O)N1CC(C)OC(C)C1)N1CCc2ccccc2C1.I. The summed E-state index contributed by atoms with van der Waals surface area (Å²) in [4.78, 5) is 6.83. The number of nitrogens with zero attached hydrogens (tertiary/aromatic N) is 3. The van der Waals surface area contributed by atoms with Crippen LogP contribution in [0.2, 0.25) is 0 Å². The first-order valence-electron chi connectivity index (χ1n) is 10.1. The van der Waals surface area contributed by atoms with Crippen LogP contribution in [0.1, 0.15) is 31.9 Å². The van der Waals surface area contributed by atoms with Gasteiger partial charge < -0.3 is 15.0 Å². The minimum absolute atomic E-state index is 0. The van der Waals surface area contributed by atoms with E-state index in [2.05, 4.69) is 39.5 Å². The second-order valence-corrected chi connectivity index (χ2v) is 9.65. The summed E-state index contributed by atoms with van der Waals surface area (Å²) in [6, 6.07) is 8.46. The van der Waals surface area contributed by atoms with Crippen LogP contribution in [-0.2, 0) is 27.7 Å². The van der Waals surface area contributed by atoms with Crippen molar-refractivity contribution in [3.05, 3.63) is 35.4 Å². The van der Waals surface area contributed by atoms with Gasteiger partial charge in [0.1, 0.15) is 0 Å². The molecule has 0 aromatic heterocycles. The first-order chi connectivity index (χ1) is 13.4. The number of hydrogen-bond acceptors (Lipinski definition) is 4. The van der Waals surface area contributed by atoms with Gasteiger partial charge in [-0.25, -0.2) is 8.42 Å². The molecule has 1 aromatic rings. The zero-order valence-electron chi connectivity index (χ0n) is 17.5. The summed E-state index contributed by atoms with van der Waals surface area (Å²) in [5.74, 6) is 0.807. The molecule has 29 heavy (non-hydrogen) atoms. The van der Waals surface area contributed by atoms with Gasteiger partial charge in [0.15, 0.2) is 5.96 Å². The highest BCUT2D eigenvalue weighted by atomic mass is 127. The average Bonchev–Trinajstić information content (AvgIpc) is 2.66. The van der Waals surface area contributed by atoms with Gasteiger partial charge in [0.25, 0.3) is 0 Å². The largest absolute Gasteiger partial charge is 0.373 e. The van der Waals surface area contributed by atoms with Crippen LogP contribution in [0.3, 0.4) is 0 Å². The van der Waals surface area contributed by atoms with E-state index in [1.165, 1.54) is 11.1 Å². The number of aliphatic imine (C=N–C) groups is 1. The molecule has 2 atom stereocenters. The molecule has 0 amide bonds. The number of rotatable bonds is 5. The van der Waals surface area contributed by atoms with Crippen molar-refractivity contribution in [1.29, 1.82) is 0 Å². The molecule has 2 aliphatic rings. The third-order valence-electron chi connectivity index (χ3n) is 5.16. The van der Waals surface area contributed by atoms with Crippen LogP contribution >= 0.6 is 24.0 Å². The molecule has 2 aliphatic heterocycles. The maximum absolute atomic E-state index is 12.7. The van der Waals surface area contributed by atoms with Crippen LogP contribution in [-0.4, -0.2) is 74.3 Å². The lowest BCUT2D eigenvalue weighted by Crippen LogP contribution is -2.49. The number of guanidine groups is 1. The second kappa shape index (κ2) is 10.9. The fraction of sp³-hybridized carbons (Fsp3) is 0.650. The van der Waals surface area contributed by atoms with Crippen molar-refractivity contribution in [3.8, 4) is 0 Å². The van der Waals surface area contributed by atoms with Crippen molar-refractivity contribution in [2.45, 2.75) is 45.9 Å². The Balaban J connectivity index is 0.00000300. The molecule has 0 saturated carbocycles. The maximum atomic E-state index is 12.7. The van der Waals surface area contributed by atoms with Crippen LogP contribution in [0.15, 0.2) is 29.3 Å². The zero-order chi connectivity index (χ0) is 20.1. The lowest BCUT2D eigenvalue weighted by Gasteiger charge is -2.34. The molecule has 1 N–H and O–H groups in total. The number of nitrogens with one attached hydrogen (secondary N) is 1. The first-order valence-corrected chi connectivity index (χ1v) is 11.7. The molecule has 7 nitrogen and oxygen atoms in total. The van der Waals surface area contributed by atoms with Gasteiger partial charge in [-0.3, -0.25) is 4.99 Å². The maximum Gasteiger partial charge on any atom is 0.216 e. The molecule has 2 heterocycles. The molecule has 2 unspecified atom stereocenters. The summed E-state index contributed by atoms with van der Waals surface area (Å²) in [5.41, 5.74) is 2.69. The number of halogens is 1. The third kappa shape index (κ3) is 6.53. The average molecular weight is 536 g/mol.